The van der Waals surface area contributed by atoms with Crippen LogP contribution in [-0.2, 0) is 7.05 Å². The van der Waals surface area contributed by atoms with Crippen molar-refractivity contribution in [3.05, 3.63) is 23.9 Å². The fourth-order valence-corrected chi connectivity index (χ4v) is 2.05. The molecular formula is C11H13N3. The predicted octanol–water partition coefficient (Wildman–Crippen LogP) is 2.03. The van der Waals surface area contributed by atoms with Crippen LogP contribution >= 0.6 is 0 Å². The highest BCUT2D eigenvalue weighted by Gasteiger charge is 2.28. The molecule has 0 bridgehead atoms. The van der Waals surface area contributed by atoms with Gasteiger partial charge in [-0.25, -0.2) is 0 Å². The number of benzene rings is 1. The van der Waals surface area contributed by atoms with Crippen LogP contribution in [0.2, 0.25) is 0 Å². The second kappa shape index (κ2) is 2.50. The van der Waals surface area contributed by atoms with Crippen molar-refractivity contribution in [1.82, 2.24) is 9.78 Å². The van der Waals surface area contributed by atoms with E-state index in [1.165, 1.54) is 23.9 Å². The van der Waals surface area contributed by atoms with Crippen molar-refractivity contribution in [1.29, 1.82) is 0 Å². The third-order valence-corrected chi connectivity index (χ3v) is 2.89. The molecule has 3 heteroatoms. The average Bonchev–Trinajstić information content (AvgIpc) is 2.93. The van der Waals surface area contributed by atoms with Gasteiger partial charge in [0.15, 0.2) is 0 Å². The molecule has 0 saturated heterocycles. The first kappa shape index (κ1) is 7.85. The highest BCUT2D eigenvalue weighted by Crippen LogP contribution is 2.42. The van der Waals surface area contributed by atoms with Gasteiger partial charge in [0.25, 0.3) is 0 Å². The molecule has 14 heavy (non-hydrogen) atoms. The Bertz CT molecular complexity index is 494. The normalized spacial score (nSPS) is 16.4. The lowest BCUT2D eigenvalue weighted by molar-refractivity contribution is 0.768. The molecule has 3 rings (SSSR count). The summed E-state index contributed by atoms with van der Waals surface area (Å²) in [5, 5.41) is 5.78. The first-order valence-corrected chi connectivity index (χ1v) is 4.98. The summed E-state index contributed by atoms with van der Waals surface area (Å²) in [5.41, 5.74) is 9.06. The topological polar surface area (TPSA) is 43.8 Å². The smallest absolute Gasteiger partial charge is 0.0911 e. The van der Waals surface area contributed by atoms with Crippen molar-refractivity contribution in [2.75, 3.05) is 5.73 Å². The van der Waals surface area contributed by atoms with Gasteiger partial charge in [-0.2, -0.15) is 5.10 Å². The largest absolute Gasteiger partial charge is 0.397 e. The first-order valence-electron chi connectivity index (χ1n) is 4.98. The quantitative estimate of drug-likeness (QED) is 0.694. The Balaban J connectivity index is 2.37. The minimum atomic E-state index is 0.681. The zero-order chi connectivity index (χ0) is 9.71. The average molecular weight is 187 g/mol. The van der Waals surface area contributed by atoms with E-state index < -0.39 is 0 Å². The Morgan fingerprint density at radius 2 is 2.21 bits per heavy atom. The summed E-state index contributed by atoms with van der Waals surface area (Å²) in [6.07, 6.45) is 2.56. The Hall–Kier alpha value is -1.51. The molecule has 2 N–H and O–H groups in total. The van der Waals surface area contributed by atoms with Crippen molar-refractivity contribution < 1.29 is 0 Å². The molecule has 1 fully saturated rings. The van der Waals surface area contributed by atoms with Crippen molar-refractivity contribution in [2.24, 2.45) is 7.05 Å². The number of aromatic nitrogens is 2. The number of hydrogen-bond donors (Lipinski definition) is 1. The zero-order valence-electron chi connectivity index (χ0n) is 8.20. The summed E-state index contributed by atoms with van der Waals surface area (Å²) in [4.78, 5) is 0. The van der Waals surface area contributed by atoms with E-state index >= 15 is 0 Å². The van der Waals surface area contributed by atoms with E-state index in [4.69, 9.17) is 5.73 Å². The molecule has 0 amide bonds. The third-order valence-electron chi connectivity index (χ3n) is 2.89. The van der Waals surface area contributed by atoms with Gasteiger partial charge in [-0.3, -0.25) is 4.68 Å². The molecular weight excluding hydrogens is 174 g/mol. The van der Waals surface area contributed by atoms with Gasteiger partial charge >= 0.3 is 0 Å². The molecule has 0 unspecified atom stereocenters. The molecule has 3 nitrogen and oxygen atoms in total. The standard InChI is InChI=1S/C11H13N3/c1-14-11-8(3-2-4-9(11)12)10(13-14)7-5-6-7/h2-4,7H,5-6,12H2,1H3. The van der Waals surface area contributed by atoms with E-state index in [0.29, 0.717) is 5.92 Å². The van der Waals surface area contributed by atoms with Crippen LogP contribution in [0.5, 0.6) is 0 Å². The maximum Gasteiger partial charge on any atom is 0.0911 e. The number of nitrogens with two attached hydrogens (primary N) is 1. The molecule has 1 aromatic heterocycles. The van der Waals surface area contributed by atoms with Gasteiger partial charge in [0, 0.05) is 18.4 Å². The maximum absolute atomic E-state index is 5.93. The van der Waals surface area contributed by atoms with E-state index in [2.05, 4.69) is 11.2 Å². The SMILES string of the molecule is Cn1nc(C2CC2)c2cccc(N)c21. The Morgan fingerprint density at radius 1 is 1.43 bits per heavy atom. The second-order valence-electron chi connectivity index (χ2n) is 4.03. The van der Waals surface area contributed by atoms with Gasteiger partial charge in [-0.05, 0) is 18.9 Å². The lowest BCUT2D eigenvalue weighted by atomic mass is 10.1. The van der Waals surface area contributed by atoms with Crippen molar-refractivity contribution >= 4 is 16.6 Å². The Labute approximate surface area is 82.5 Å². The number of nitrogen functional groups attached to an aromatic ring is 1. The maximum atomic E-state index is 5.93. The van der Waals surface area contributed by atoms with E-state index in [9.17, 15) is 0 Å². The van der Waals surface area contributed by atoms with Crippen molar-refractivity contribution in [3.63, 3.8) is 0 Å². The lowest BCUT2D eigenvalue weighted by Gasteiger charge is -1.97. The van der Waals surface area contributed by atoms with Crippen LogP contribution in [0.25, 0.3) is 10.9 Å². The fraction of sp³-hybridized carbons (Fsp3) is 0.364. The van der Waals surface area contributed by atoms with Gasteiger partial charge in [-0.1, -0.05) is 12.1 Å². The van der Waals surface area contributed by atoms with Crippen LogP contribution < -0.4 is 5.73 Å². The fourth-order valence-electron chi connectivity index (χ4n) is 2.05. The molecule has 1 saturated carbocycles. The number of nitrogens with zero attached hydrogens (tertiary/aromatic N) is 2. The highest BCUT2D eigenvalue weighted by molar-refractivity contribution is 5.92. The summed E-state index contributed by atoms with van der Waals surface area (Å²) in [6, 6.07) is 6.05. The van der Waals surface area contributed by atoms with Crippen LogP contribution in [0.3, 0.4) is 0 Å². The number of anilines is 1. The molecule has 1 aliphatic carbocycles. The molecule has 1 heterocycles. The Morgan fingerprint density at radius 3 is 2.93 bits per heavy atom. The molecule has 0 spiro atoms. The third kappa shape index (κ3) is 0.953. The van der Waals surface area contributed by atoms with E-state index in [1.807, 2.05) is 23.9 Å². The monoisotopic (exact) mass is 187 g/mol. The molecule has 0 aliphatic heterocycles. The van der Waals surface area contributed by atoms with Crippen molar-refractivity contribution in [2.45, 2.75) is 18.8 Å². The predicted molar refractivity (Wildman–Crippen MR) is 57.1 cm³/mol. The lowest BCUT2D eigenvalue weighted by Crippen LogP contribution is -1.94. The molecule has 1 aromatic carbocycles. The van der Waals surface area contributed by atoms with Gasteiger partial charge < -0.3 is 5.73 Å². The van der Waals surface area contributed by atoms with Gasteiger partial charge in [0.05, 0.1) is 16.9 Å². The molecule has 0 atom stereocenters. The minimum absolute atomic E-state index is 0.681. The Kier molecular flexibility index (Phi) is 1.40. The van der Waals surface area contributed by atoms with Crippen LogP contribution in [0.4, 0.5) is 5.69 Å². The van der Waals surface area contributed by atoms with E-state index in [0.717, 1.165) is 11.2 Å². The van der Waals surface area contributed by atoms with Gasteiger partial charge in [0.2, 0.25) is 0 Å². The molecule has 1 aliphatic rings. The second-order valence-corrected chi connectivity index (χ2v) is 4.03. The van der Waals surface area contributed by atoms with Crippen LogP contribution in [0.1, 0.15) is 24.5 Å². The molecule has 72 valence electrons. The number of aryl methyl sites for hydroxylation is 1. The summed E-state index contributed by atoms with van der Waals surface area (Å²) in [7, 11) is 1.96. The number of para-hydroxylation sites is 1. The molecule has 2 aromatic rings. The van der Waals surface area contributed by atoms with E-state index in [-0.39, 0.29) is 0 Å². The van der Waals surface area contributed by atoms with Crippen LogP contribution in [0, 0.1) is 0 Å². The number of rotatable bonds is 1. The van der Waals surface area contributed by atoms with E-state index in [1.54, 1.807) is 0 Å². The summed E-state index contributed by atoms with van der Waals surface area (Å²) < 4.78 is 1.90. The first-order chi connectivity index (χ1) is 6.77. The van der Waals surface area contributed by atoms with Crippen molar-refractivity contribution in [3.8, 4) is 0 Å². The summed E-state index contributed by atoms with van der Waals surface area (Å²) >= 11 is 0. The number of hydrogen-bond acceptors (Lipinski definition) is 2. The summed E-state index contributed by atoms with van der Waals surface area (Å²) in [5.74, 6) is 0.681. The van der Waals surface area contributed by atoms with Crippen LogP contribution in [-0.4, -0.2) is 9.78 Å². The van der Waals surface area contributed by atoms with Crippen LogP contribution in [0.15, 0.2) is 18.2 Å². The van der Waals surface area contributed by atoms with Gasteiger partial charge in [0.1, 0.15) is 0 Å². The minimum Gasteiger partial charge on any atom is -0.397 e. The molecule has 0 radical (unpaired) electrons. The number of fused-ring (bicyclic) bond motifs is 1. The summed E-state index contributed by atoms with van der Waals surface area (Å²) in [6.45, 7) is 0. The highest BCUT2D eigenvalue weighted by atomic mass is 15.3. The van der Waals surface area contributed by atoms with Gasteiger partial charge in [-0.15, -0.1) is 0 Å². The zero-order valence-corrected chi connectivity index (χ0v) is 8.20.